The Morgan fingerprint density at radius 1 is 1.47 bits per heavy atom. The Hall–Kier alpha value is -2.44. The molecular weight excluding hydrogens is 251 g/mol. The largest absolute Gasteiger partial charge is 0.379 e. The summed E-state index contributed by atoms with van der Waals surface area (Å²) in [6.07, 6.45) is 4.30. The van der Waals surface area contributed by atoms with Crippen LogP contribution >= 0.6 is 0 Å². The van der Waals surface area contributed by atoms with Gasteiger partial charge in [0.25, 0.3) is 5.69 Å². The topological polar surface area (TPSA) is 73.0 Å². The highest BCUT2D eigenvalue weighted by Crippen LogP contribution is 2.24. The van der Waals surface area contributed by atoms with Gasteiger partial charge in [-0.2, -0.15) is 5.10 Å². The Morgan fingerprint density at radius 3 is 3.00 bits per heavy atom. The van der Waals surface area contributed by atoms with Crippen molar-refractivity contribution in [3.8, 4) is 0 Å². The third kappa shape index (κ3) is 3.51. The quantitative estimate of drug-likeness (QED) is 0.494. The molecule has 1 N–H and O–H groups in total. The van der Waals surface area contributed by atoms with Crippen LogP contribution in [0.4, 0.5) is 15.8 Å². The minimum Gasteiger partial charge on any atom is -0.379 e. The maximum Gasteiger partial charge on any atom is 0.295 e. The molecule has 0 atom stereocenters. The summed E-state index contributed by atoms with van der Waals surface area (Å²) in [5.74, 6) is -0.617. The maximum absolute atomic E-state index is 12.9. The van der Waals surface area contributed by atoms with Gasteiger partial charge in [0.1, 0.15) is 11.5 Å². The van der Waals surface area contributed by atoms with Gasteiger partial charge in [-0.05, 0) is 24.6 Å². The van der Waals surface area contributed by atoms with E-state index in [2.05, 4.69) is 10.4 Å². The molecule has 1 heterocycles. The van der Waals surface area contributed by atoms with E-state index in [1.54, 1.807) is 10.9 Å². The molecule has 0 saturated heterocycles. The van der Waals surface area contributed by atoms with Gasteiger partial charge in [-0.15, -0.1) is 0 Å². The van der Waals surface area contributed by atoms with Gasteiger partial charge in [0, 0.05) is 25.5 Å². The van der Waals surface area contributed by atoms with Crippen molar-refractivity contribution in [3.63, 3.8) is 0 Å². The van der Waals surface area contributed by atoms with Gasteiger partial charge in [-0.3, -0.25) is 14.8 Å². The molecule has 0 fully saturated rings. The summed E-state index contributed by atoms with van der Waals surface area (Å²) >= 11 is 0. The number of benzene rings is 1. The minimum absolute atomic E-state index is 0.251. The summed E-state index contributed by atoms with van der Waals surface area (Å²) in [7, 11) is 0. The molecule has 0 saturated carbocycles. The van der Waals surface area contributed by atoms with Gasteiger partial charge in [0.2, 0.25) is 0 Å². The Morgan fingerprint density at radius 2 is 2.32 bits per heavy atom. The van der Waals surface area contributed by atoms with Crippen LogP contribution in [0.5, 0.6) is 0 Å². The lowest BCUT2D eigenvalue weighted by molar-refractivity contribution is -0.384. The van der Waals surface area contributed by atoms with Gasteiger partial charge in [0.05, 0.1) is 11.0 Å². The molecular formula is C12H13FN4O2. The van der Waals surface area contributed by atoms with E-state index in [1.165, 1.54) is 12.1 Å². The molecule has 0 aliphatic rings. The molecule has 0 unspecified atom stereocenters. The van der Waals surface area contributed by atoms with Crippen LogP contribution in [0, 0.1) is 15.9 Å². The Kier molecular flexibility index (Phi) is 4.07. The fraction of sp³-hybridized carbons (Fsp3) is 0.250. The van der Waals surface area contributed by atoms with Crippen molar-refractivity contribution in [1.82, 2.24) is 9.78 Å². The maximum atomic E-state index is 12.9. The number of aryl methyl sites for hydroxylation is 1. The Bertz CT molecular complexity index is 557. The second-order valence-corrected chi connectivity index (χ2v) is 3.97. The summed E-state index contributed by atoms with van der Waals surface area (Å²) in [5, 5.41) is 17.8. The molecule has 19 heavy (non-hydrogen) atoms. The molecule has 0 spiro atoms. The van der Waals surface area contributed by atoms with Gasteiger partial charge in [-0.25, -0.2) is 4.39 Å². The monoisotopic (exact) mass is 264 g/mol. The number of rotatable bonds is 6. The van der Waals surface area contributed by atoms with Crippen LogP contribution in [-0.2, 0) is 6.54 Å². The zero-order chi connectivity index (χ0) is 13.7. The number of aromatic nitrogens is 2. The lowest BCUT2D eigenvalue weighted by Crippen LogP contribution is -2.08. The van der Waals surface area contributed by atoms with Crippen molar-refractivity contribution in [2.24, 2.45) is 0 Å². The van der Waals surface area contributed by atoms with Gasteiger partial charge in [-0.1, -0.05) is 0 Å². The highest BCUT2D eigenvalue weighted by Gasteiger charge is 2.14. The summed E-state index contributed by atoms with van der Waals surface area (Å²) in [6, 6.07) is 5.32. The van der Waals surface area contributed by atoms with Gasteiger partial charge in [0.15, 0.2) is 0 Å². The normalized spacial score (nSPS) is 10.4. The van der Waals surface area contributed by atoms with E-state index >= 15 is 0 Å². The minimum atomic E-state index is -0.617. The first kappa shape index (κ1) is 13.0. The molecule has 2 aromatic rings. The lowest BCUT2D eigenvalue weighted by atomic mass is 10.2. The highest BCUT2D eigenvalue weighted by molar-refractivity contribution is 5.61. The number of halogens is 1. The molecule has 0 bridgehead atoms. The summed E-state index contributed by atoms with van der Waals surface area (Å²) in [4.78, 5) is 10.2. The number of nitrogens with one attached hydrogen (secondary N) is 1. The summed E-state index contributed by atoms with van der Waals surface area (Å²) in [6.45, 7) is 1.27. The van der Waals surface area contributed by atoms with Crippen molar-refractivity contribution in [3.05, 3.63) is 52.6 Å². The number of nitro benzene ring substituents is 1. The fourth-order valence-corrected chi connectivity index (χ4v) is 1.70. The van der Waals surface area contributed by atoms with E-state index in [0.29, 0.717) is 12.2 Å². The predicted molar refractivity (Wildman–Crippen MR) is 68.4 cm³/mol. The standard InChI is InChI=1S/C12H13FN4O2/c13-10-3-4-11(12(9-10)17(18)19)14-5-1-7-16-8-2-6-15-16/h2-4,6,8-9,14H,1,5,7H2. The first-order valence-corrected chi connectivity index (χ1v) is 5.82. The number of nitrogens with zero attached hydrogens (tertiary/aromatic N) is 3. The predicted octanol–water partition coefficient (Wildman–Crippen LogP) is 2.43. The summed E-state index contributed by atoms with van der Waals surface area (Å²) in [5.41, 5.74) is 0.0750. The summed E-state index contributed by atoms with van der Waals surface area (Å²) < 4.78 is 14.7. The average Bonchev–Trinajstić information content (AvgIpc) is 2.89. The molecule has 0 aliphatic heterocycles. The zero-order valence-corrected chi connectivity index (χ0v) is 10.1. The molecule has 6 nitrogen and oxygen atoms in total. The zero-order valence-electron chi connectivity index (χ0n) is 10.1. The van der Waals surface area contributed by atoms with Crippen LogP contribution in [0.15, 0.2) is 36.7 Å². The molecule has 7 heteroatoms. The Labute approximate surface area is 109 Å². The molecule has 0 aliphatic carbocycles. The number of anilines is 1. The van der Waals surface area contributed by atoms with E-state index in [-0.39, 0.29) is 5.69 Å². The molecule has 1 aromatic carbocycles. The molecule has 100 valence electrons. The number of hydrogen-bond donors (Lipinski definition) is 1. The van der Waals surface area contributed by atoms with Crippen molar-refractivity contribution < 1.29 is 9.31 Å². The van der Waals surface area contributed by atoms with Crippen LogP contribution in [0.2, 0.25) is 0 Å². The first-order valence-electron chi connectivity index (χ1n) is 5.82. The molecule has 0 amide bonds. The van der Waals surface area contributed by atoms with Crippen LogP contribution in [-0.4, -0.2) is 21.2 Å². The van der Waals surface area contributed by atoms with Gasteiger partial charge >= 0.3 is 0 Å². The second kappa shape index (κ2) is 5.94. The van der Waals surface area contributed by atoms with Crippen LogP contribution in [0.3, 0.4) is 0 Å². The van der Waals surface area contributed by atoms with Crippen LogP contribution < -0.4 is 5.32 Å². The van der Waals surface area contributed by atoms with E-state index < -0.39 is 10.7 Å². The third-order valence-electron chi connectivity index (χ3n) is 2.60. The van der Waals surface area contributed by atoms with Crippen molar-refractivity contribution in [2.45, 2.75) is 13.0 Å². The van der Waals surface area contributed by atoms with E-state index in [0.717, 1.165) is 19.0 Å². The number of nitro groups is 1. The fourth-order valence-electron chi connectivity index (χ4n) is 1.70. The number of hydrogen-bond acceptors (Lipinski definition) is 4. The van der Waals surface area contributed by atoms with Crippen LogP contribution in [0.1, 0.15) is 6.42 Å². The molecule has 0 radical (unpaired) electrons. The van der Waals surface area contributed by atoms with E-state index in [9.17, 15) is 14.5 Å². The van der Waals surface area contributed by atoms with Crippen LogP contribution in [0.25, 0.3) is 0 Å². The van der Waals surface area contributed by atoms with Crippen molar-refractivity contribution >= 4 is 11.4 Å². The van der Waals surface area contributed by atoms with E-state index in [4.69, 9.17) is 0 Å². The third-order valence-corrected chi connectivity index (χ3v) is 2.60. The molecule has 1 aromatic heterocycles. The molecule has 2 rings (SSSR count). The van der Waals surface area contributed by atoms with Gasteiger partial charge < -0.3 is 5.32 Å². The smallest absolute Gasteiger partial charge is 0.295 e. The Balaban J connectivity index is 1.90. The van der Waals surface area contributed by atoms with Crippen molar-refractivity contribution in [2.75, 3.05) is 11.9 Å². The SMILES string of the molecule is O=[N+]([O-])c1cc(F)ccc1NCCCn1cccn1. The van der Waals surface area contributed by atoms with Crippen molar-refractivity contribution in [1.29, 1.82) is 0 Å². The second-order valence-electron chi connectivity index (χ2n) is 3.97. The average molecular weight is 264 g/mol. The first-order chi connectivity index (χ1) is 9.16. The lowest BCUT2D eigenvalue weighted by Gasteiger charge is -2.07. The highest BCUT2D eigenvalue weighted by atomic mass is 19.1. The van der Waals surface area contributed by atoms with E-state index in [1.807, 2.05) is 12.3 Å².